The van der Waals surface area contributed by atoms with Gasteiger partial charge in [0.15, 0.2) is 0 Å². The molecule has 0 amide bonds. The summed E-state index contributed by atoms with van der Waals surface area (Å²) in [5, 5.41) is 3.17. The third-order valence-electron chi connectivity index (χ3n) is 3.22. The lowest BCUT2D eigenvalue weighted by Crippen LogP contribution is -2.18. The topological polar surface area (TPSA) is 50.7 Å². The van der Waals surface area contributed by atoms with Crippen LogP contribution in [0.25, 0.3) is 11.3 Å². The molecule has 2 rings (SSSR count). The van der Waals surface area contributed by atoms with Gasteiger partial charge in [0.2, 0.25) is 0 Å². The minimum Gasteiger partial charge on any atom is -0.373 e. The van der Waals surface area contributed by atoms with Crippen LogP contribution in [0, 0.1) is 13.8 Å². The zero-order chi connectivity index (χ0) is 14.9. The molecule has 0 aliphatic rings. The summed E-state index contributed by atoms with van der Waals surface area (Å²) < 4.78 is 0. The van der Waals surface area contributed by atoms with E-state index in [4.69, 9.17) is 4.98 Å². The van der Waals surface area contributed by atoms with Gasteiger partial charge in [-0.25, -0.2) is 9.97 Å². The molecule has 2 aromatic heterocycles. The Morgan fingerprint density at radius 2 is 1.80 bits per heavy atom. The van der Waals surface area contributed by atoms with Crippen molar-refractivity contribution in [1.29, 1.82) is 0 Å². The molecule has 106 valence electrons. The number of nitrogens with zero attached hydrogens (tertiary/aromatic N) is 3. The highest BCUT2D eigenvalue weighted by Crippen LogP contribution is 2.29. The van der Waals surface area contributed by atoms with Crippen LogP contribution >= 0.6 is 0 Å². The van der Waals surface area contributed by atoms with E-state index < -0.39 is 0 Å². The van der Waals surface area contributed by atoms with Gasteiger partial charge in [-0.15, -0.1) is 0 Å². The predicted molar refractivity (Wildman–Crippen MR) is 83.0 cm³/mol. The molecule has 0 saturated heterocycles. The minimum atomic E-state index is -0.0872. The molecule has 0 aliphatic carbocycles. The highest BCUT2D eigenvalue weighted by Gasteiger charge is 2.21. The first-order chi connectivity index (χ1) is 9.32. The molecule has 0 spiro atoms. The molecule has 20 heavy (non-hydrogen) atoms. The van der Waals surface area contributed by atoms with E-state index in [9.17, 15) is 0 Å². The van der Waals surface area contributed by atoms with Gasteiger partial charge in [-0.2, -0.15) is 0 Å². The van der Waals surface area contributed by atoms with E-state index in [-0.39, 0.29) is 5.41 Å². The van der Waals surface area contributed by atoms with Gasteiger partial charge in [0, 0.05) is 35.5 Å². The first kappa shape index (κ1) is 14.4. The summed E-state index contributed by atoms with van der Waals surface area (Å²) in [6.45, 7) is 10.4. The standard InChI is InChI=1S/C16H22N4/c1-10-9-12(7-8-18-10)13-11(2)14(17-6)20-15(19-13)16(3,4)5/h7-9H,1-6H3,(H,17,19,20). The van der Waals surface area contributed by atoms with Crippen LogP contribution < -0.4 is 5.32 Å². The number of aryl methyl sites for hydroxylation is 1. The van der Waals surface area contributed by atoms with Gasteiger partial charge in [-0.05, 0) is 26.0 Å². The zero-order valence-corrected chi connectivity index (χ0v) is 13.1. The van der Waals surface area contributed by atoms with Crippen molar-refractivity contribution >= 4 is 5.82 Å². The summed E-state index contributed by atoms with van der Waals surface area (Å²) >= 11 is 0. The fraction of sp³-hybridized carbons (Fsp3) is 0.438. The van der Waals surface area contributed by atoms with Crippen molar-refractivity contribution in [3.63, 3.8) is 0 Å². The van der Waals surface area contributed by atoms with Crippen LogP contribution in [-0.4, -0.2) is 22.0 Å². The van der Waals surface area contributed by atoms with Gasteiger partial charge in [0.25, 0.3) is 0 Å². The number of hydrogen-bond acceptors (Lipinski definition) is 4. The van der Waals surface area contributed by atoms with Crippen LogP contribution in [-0.2, 0) is 5.41 Å². The summed E-state index contributed by atoms with van der Waals surface area (Å²) in [6, 6.07) is 4.05. The second-order valence-electron chi connectivity index (χ2n) is 6.06. The van der Waals surface area contributed by atoms with Gasteiger partial charge >= 0.3 is 0 Å². The molecule has 0 aromatic carbocycles. The maximum atomic E-state index is 4.78. The Bertz CT molecular complexity index is 627. The molecular weight excluding hydrogens is 248 g/mol. The average molecular weight is 270 g/mol. The van der Waals surface area contributed by atoms with Gasteiger partial charge in [0.05, 0.1) is 5.69 Å². The summed E-state index contributed by atoms with van der Waals surface area (Å²) in [4.78, 5) is 13.7. The summed E-state index contributed by atoms with van der Waals surface area (Å²) in [5.74, 6) is 1.73. The average Bonchev–Trinajstić information content (AvgIpc) is 2.37. The zero-order valence-electron chi connectivity index (χ0n) is 13.1. The molecule has 0 aliphatic heterocycles. The summed E-state index contributed by atoms with van der Waals surface area (Å²) in [5.41, 5.74) is 4.02. The SMILES string of the molecule is CNc1nc(C(C)(C)C)nc(-c2ccnc(C)c2)c1C. The van der Waals surface area contributed by atoms with E-state index in [1.807, 2.05) is 33.2 Å². The molecule has 0 radical (unpaired) electrons. The number of nitrogens with one attached hydrogen (secondary N) is 1. The highest BCUT2D eigenvalue weighted by molar-refractivity contribution is 5.68. The van der Waals surface area contributed by atoms with Gasteiger partial charge in [-0.3, -0.25) is 4.98 Å². The molecule has 0 atom stereocenters. The van der Waals surface area contributed by atoms with Gasteiger partial charge in [0.1, 0.15) is 11.6 Å². The lowest BCUT2D eigenvalue weighted by atomic mass is 9.95. The number of anilines is 1. The van der Waals surface area contributed by atoms with Crippen LogP contribution in [0.3, 0.4) is 0 Å². The van der Waals surface area contributed by atoms with Crippen molar-refractivity contribution in [3.8, 4) is 11.3 Å². The van der Waals surface area contributed by atoms with Crippen molar-refractivity contribution in [2.75, 3.05) is 12.4 Å². The number of hydrogen-bond donors (Lipinski definition) is 1. The molecule has 4 heteroatoms. The van der Waals surface area contributed by atoms with Crippen molar-refractivity contribution < 1.29 is 0 Å². The Morgan fingerprint density at radius 3 is 2.35 bits per heavy atom. The normalized spacial score (nSPS) is 11.5. The monoisotopic (exact) mass is 270 g/mol. The molecule has 1 N–H and O–H groups in total. The van der Waals surface area contributed by atoms with E-state index >= 15 is 0 Å². The molecule has 2 heterocycles. The lowest BCUT2D eigenvalue weighted by molar-refractivity contribution is 0.546. The third kappa shape index (κ3) is 2.79. The lowest BCUT2D eigenvalue weighted by Gasteiger charge is -2.20. The molecule has 0 saturated carbocycles. The smallest absolute Gasteiger partial charge is 0.136 e. The van der Waals surface area contributed by atoms with Crippen molar-refractivity contribution in [3.05, 3.63) is 35.4 Å². The van der Waals surface area contributed by atoms with Crippen molar-refractivity contribution in [1.82, 2.24) is 15.0 Å². The Kier molecular flexibility index (Phi) is 3.75. The fourth-order valence-electron chi connectivity index (χ4n) is 2.07. The molecular formula is C16H22N4. The first-order valence-electron chi connectivity index (χ1n) is 6.83. The molecule has 0 bridgehead atoms. The minimum absolute atomic E-state index is 0.0872. The Labute approximate surface area is 120 Å². The summed E-state index contributed by atoms with van der Waals surface area (Å²) in [6.07, 6.45) is 1.82. The van der Waals surface area contributed by atoms with Crippen molar-refractivity contribution in [2.24, 2.45) is 0 Å². The molecule has 2 aromatic rings. The largest absolute Gasteiger partial charge is 0.373 e. The highest BCUT2D eigenvalue weighted by atomic mass is 15.0. The van der Waals surface area contributed by atoms with Gasteiger partial charge in [-0.1, -0.05) is 20.8 Å². The fourth-order valence-corrected chi connectivity index (χ4v) is 2.07. The first-order valence-corrected chi connectivity index (χ1v) is 6.83. The Morgan fingerprint density at radius 1 is 1.10 bits per heavy atom. The van der Waals surface area contributed by atoms with Crippen LogP contribution in [0.5, 0.6) is 0 Å². The predicted octanol–water partition coefficient (Wildman–Crippen LogP) is 3.49. The Hall–Kier alpha value is -1.97. The van der Waals surface area contributed by atoms with E-state index in [0.29, 0.717) is 0 Å². The third-order valence-corrected chi connectivity index (χ3v) is 3.22. The molecule has 4 nitrogen and oxygen atoms in total. The molecule has 0 unspecified atom stereocenters. The molecule has 0 fully saturated rings. The van der Waals surface area contributed by atoms with Crippen LogP contribution in [0.4, 0.5) is 5.82 Å². The van der Waals surface area contributed by atoms with E-state index in [2.05, 4.69) is 42.1 Å². The number of aromatic nitrogens is 3. The number of pyridine rings is 1. The summed E-state index contributed by atoms with van der Waals surface area (Å²) in [7, 11) is 1.89. The van der Waals surface area contributed by atoms with Gasteiger partial charge < -0.3 is 5.32 Å². The number of rotatable bonds is 2. The van der Waals surface area contributed by atoms with Crippen LogP contribution in [0.2, 0.25) is 0 Å². The maximum absolute atomic E-state index is 4.78. The van der Waals surface area contributed by atoms with Crippen LogP contribution in [0.1, 0.15) is 37.9 Å². The van der Waals surface area contributed by atoms with Crippen molar-refractivity contribution in [2.45, 2.75) is 40.0 Å². The van der Waals surface area contributed by atoms with E-state index in [1.165, 1.54) is 0 Å². The van der Waals surface area contributed by atoms with E-state index in [0.717, 1.165) is 34.2 Å². The Balaban J connectivity index is 2.68. The second-order valence-corrected chi connectivity index (χ2v) is 6.06. The second kappa shape index (κ2) is 5.19. The maximum Gasteiger partial charge on any atom is 0.136 e. The quantitative estimate of drug-likeness (QED) is 0.907. The van der Waals surface area contributed by atoms with Crippen LogP contribution in [0.15, 0.2) is 18.3 Å². The van der Waals surface area contributed by atoms with E-state index in [1.54, 1.807) is 0 Å².